The van der Waals surface area contributed by atoms with Crippen molar-refractivity contribution in [1.29, 1.82) is 0 Å². The zero-order valence-corrected chi connectivity index (χ0v) is 13.1. The first-order valence-electron chi connectivity index (χ1n) is 7.16. The molecule has 23 heavy (non-hydrogen) atoms. The van der Waals surface area contributed by atoms with Gasteiger partial charge in [-0.3, -0.25) is 14.9 Å². The number of hydrogen-bond acceptors (Lipinski definition) is 5. The second-order valence-corrected chi connectivity index (χ2v) is 5.54. The van der Waals surface area contributed by atoms with Crippen molar-refractivity contribution in [3.05, 3.63) is 33.4 Å². The summed E-state index contributed by atoms with van der Waals surface area (Å²) in [6.45, 7) is 2.96. The van der Waals surface area contributed by atoms with Gasteiger partial charge in [0.15, 0.2) is 0 Å². The van der Waals surface area contributed by atoms with E-state index in [-0.39, 0.29) is 23.0 Å². The third-order valence-electron chi connectivity index (χ3n) is 3.95. The maximum absolute atomic E-state index is 12.7. The number of hydrogen-bond donors (Lipinski definition) is 1. The molecule has 1 atom stereocenters. The van der Waals surface area contributed by atoms with Crippen molar-refractivity contribution in [1.82, 2.24) is 4.90 Å². The Morgan fingerprint density at radius 1 is 1.43 bits per heavy atom. The Balaban J connectivity index is 2.47. The van der Waals surface area contributed by atoms with Crippen LogP contribution in [0.3, 0.4) is 0 Å². The molecule has 1 unspecified atom stereocenters. The highest BCUT2D eigenvalue weighted by molar-refractivity contribution is 5.98. The number of methoxy groups -OCH3 is 1. The molecular formula is C15H18N2O6. The molecule has 2 rings (SSSR count). The minimum atomic E-state index is -1.11. The van der Waals surface area contributed by atoms with Crippen LogP contribution in [0.4, 0.5) is 5.69 Å². The van der Waals surface area contributed by atoms with Crippen molar-refractivity contribution in [3.63, 3.8) is 0 Å². The van der Waals surface area contributed by atoms with Crippen molar-refractivity contribution in [2.75, 3.05) is 7.11 Å². The van der Waals surface area contributed by atoms with Crippen LogP contribution in [0.25, 0.3) is 0 Å². The standard InChI is InChI=1S/C15H18N2O6/c1-8-12(17(21)22)6-10(7-13(8)23-3)14(18)16(11-4-5-11)9(2)15(19)20/h6-7,9,11H,4-5H2,1-3H3,(H,19,20). The van der Waals surface area contributed by atoms with Gasteiger partial charge in [-0.2, -0.15) is 0 Å². The molecule has 1 aromatic rings. The summed E-state index contributed by atoms with van der Waals surface area (Å²) in [5, 5.41) is 20.3. The van der Waals surface area contributed by atoms with E-state index in [1.165, 1.54) is 38.0 Å². The normalized spacial score (nSPS) is 14.9. The Morgan fingerprint density at radius 3 is 2.48 bits per heavy atom. The van der Waals surface area contributed by atoms with Gasteiger partial charge in [-0.25, -0.2) is 4.79 Å². The van der Waals surface area contributed by atoms with Gasteiger partial charge in [-0.1, -0.05) is 0 Å². The molecule has 0 bridgehead atoms. The smallest absolute Gasteiger partial charge is 0.326 e. The predicted molar refractivity (Wildman–Crippen MR) is 80.7 cm³/mol. The fourth-order valence-electron chi connectivity index (χ4n) is 2.48. The van der Waals surface area contributed by atoms with Crippen LogP contribution in [-0.2, 0) is 4.79 Å². The predicted octanol–water partition coefficient (Wildman–Crippen LogP) is 1.99. The first-order valence-corrected chi connectivity index (χ1v) is 7.16. The molecule has 0 aliphatic heterocycles. The average Bonchev–Trinajstić information content (AvgIpc) is 3.31. The number of nitro benzene ring substituents is 1. The van der Waals surface area contributed by atoms with Crippen molar-refractivity contribution in [2.45, 2.75) is 38.8 Å². The zero-order chi connectivity index (χ0) is 17.3. The number of amides is 1. The van der Waals surface area contributed by atoms with Crippen LogP contribution in [0.15, 0.2) is 12.1 Å². The van der Waals surface area contributed by atoms with Gasteiger partial charge in [-0.05, 0) is 32.8 Å². The number of benzene rings is 1. The maximum atomic E-state index is 12.7. The summed E-state index contributed by atoms with van der Waals surface area (Å²) >= 11 is 0. The number of carbonyl (C=O) groups is 2. The summed E-state index contributed by atoms with van der Waals surface area (Å²) < 4.78 is 5.10. The lowest BCUT2D eigenvalue weighted by atomic mass is 10.1. The minimum absolute atomic E-state index is 0.0548. The topological polar surface area (TPSA) is 110 Å². The van der Waals surface area contributed by atoms with Crippen LogP contribution >= 0.6 is 0 Å². The zero-order valence-electron chi connectivity index (χ0n) is 13.1. The molecule has 1 amide bonds. The highest BCUT2D eigenvalue weighted by Crippen LogP contribution is 2.34. The SMILES string of the molecule is COc1cc(C(=O)N(C2CC2)C(C)C(=O)O)cc([N+](=O)[O-])c1C. The van der Waals surface area contributed by atoms with Gasteiger partial charge in [0, 0.05) is 12.1 Å². The first-order chi connectivity index (χ1) is 10.8. The van der Waals surface area contributed by atoms with Crippen LogP contribution < -0.4 is 4.74 Å². The lowest BCUT2D eigenvalue weighted by Gasteiger charge is -2.26. The Labute approximate surface area is 132 Å². The quantitative estimate of drug-likeness (QED) is 0.633. The minimum Gasteiger partial charge on any atom is -0.496 e. The summed E-state index contributed by atoms with van der Waals surface area (Å²) in [5.74, 6) is -1.43. The Hall–Kier alpha value is -2.64. The first kappa shape index (κ1) is 16.7. The number of carboxylic acid groups (broad SMARTS) is 1. The highest BCUT2D eigenvalue weighted by Gasteiger charge is 2.39. The van der Waals surface area contributed by atoms with E-state index in [0.29, 0.717) is 5.56 Å². The Bertz CT molecular complexity index is 668. The Kier molecular flexibility index (Phi) is 4.53. The molecule has 1 aromatic carbocycles. The van der Waals surface area contributed by atoms with Crippen molar-refractivity contribution < 1.29 is 24.4 Å². The number of aliphatic carboxylic acids is 1. The molecule has 1 fully saturated rings. The molecule has 0 radical (unpaired) electrons. The van der Waals surface area contributed by atoms with E-state index in [1.807, 2.05) is 0 Å². The van der Waals surface area contributed by atoms with E-state index in [2.05, 4.69) is 0 Å². The third kappa shape index (κ3) is 3.25. The fourth-order valence-corrected chi connectivity index (χ4v) is 2.48. The Morgan fingerprint density at radius 2 is 2.04 bits per heavy atom. The molecule has 8 heteroatoms. The number of nitrogens with zero attached hydrogens (tertiary/aromatic N) is 2. The number of rotatable bonds is 6. The molecule has 1 aliphatic carbocycles. The van der Waals surface area contributed by atoms with Gasteiger partial charge in [-0.15, -0.1) is 0 Å². The molecule has 0 spiro atoms. The number of carboxylic acids is 1. The summed E-state index contributed by atoms with van der Waals surface area (Å²) in [6.07, 6.45) is 1.46. The van der Waals surface area contributed by atoms with Gasteiger partial charge in [0.05, 0.1) is 23.2 Å². The summed E-state index contributed by atoms with van der Waals surface area (Å²) in [4.78, 5) is 35.8. The van der Waals surface area contributed by atoms with E-state index in [0.717, 1.165) is 12.8 Å². The molecule has 0 saturated heterocycles. The molecule has 1 saturated carbocycles. The molecule has 0 aromatic heterocycles. The summed E-state index contributed by atoms with van der Waals surface area (Å²) in [5.41, 5.74) is 0.142. The van der Waals surface area contributed by atoms with Gasteiger partial charge in [0.2, 0.25) is 0 Å². The van der Waals surface area contributed by atoms with E-state index < -0.39 is 22.8 Å². The molecule has 0 heterocycles. The lowest BCUT2D eigenvalue weighted by Crippen LogP contribution is -2.44. The van der Waals surface area contributed by atoms with Crippen molar-refractivity contribution in [3.8, 4) is 5.75 Å². The van der Waals surface area contributed by atoms with Crippen LogP contribution in [0.5, 0.6) is 5.75 Å². The largest absolute Gasteiger partial charge is 0.496 e. The lowest BCUT2D eigenvalue weighted by molar-refractivity contribution is -0.385. The van der Waals surface area contributed by atoms with Gasteiger partial charge in [0.1, 0.15) is 11.8 Å². The maximum Gasteiger partial charge on any atom is 0.326 e. The van der Waals surface area contributed by atoms with Crippen LogP contribution in [0, 0.1) is 17.0 Å². The molecule has 1 N–H and O–H groups in total. The summed E-state index contributed by atoms with van der Waals surface area (Å²) in [7, 11) is 1.36. The highest BCUT2D eigenvalue weighted by atomic mass is 16.6. The second kappa shape index (κ2) is 6.23. The van der Waals surface area contributed by atoms with E-state index >= 15 is 0 Å². The molecular weight excluding hydrogens is 304 g/mol. The van der Waals surface area contributed by atoms with Gasteiger partial charge >= 0.3 is 5.97 Å². The average molecular weight is 322 g/mol. The van der Waals surface area contributed by atoms with E-state index in [1.54, 1.807) is 0 Å². The van der Waals surface area contributed by atoms with Crippen molar-refractivity contribution >= 4 is 17.6 Å². The van der Waals surface area contributed by atoms with Crippen molar-refractivity contribution in [2.24, 2.45) is 0 Å². The monoisotopic (exact) mass is 322 g/mol. The molecule has 124 valence electrons. The molecule has 8 nitrogen and oxygen atoms in total. The number of nitro groups is 1. The third-order valence-corrected chi connectivity index (χ3v) is 3.95. The van der Waals surface area contributed by atoms with Crippen LogP contribution in [0.2, 0.25) is 0 Å². The van der Waals surface area contributed by atoms with Gasteiger partial charge < -0.3 is 14.7 Å². The van der Waals surface area contributed by atoms with Crippen LogP contribution in [0.1, 0.15) is 35.7 Å². The summed E-state index contributed by atoms with van der Waals surface area (Å²) in [6, 6.07) is 1.44. The fraction of sp³-hybridized carbons (Fsp3) is 0.467. The van der Waals surface area contributed by atoms with E-state index in [9.17, 15) is 24.8 Å². The van der Waals surface area contributed by atoms with E-state index in [4.69, 9.17) is 4.74 Å². The van der Waals surface area contributed by atoms with Crippen LogP contribution in [-0.4, -0.2) is 46.0 Å². The number of carbonyl (C=O) groups excluding carboxylic acids is 1. The number of ether oxygens (including phenoxy) is 1. The second-order valence-electron chi connectivity index (χ2n) is 5.54. The van der Waals surface area contributed by atoms with Gasteiger partial charge in [0.25, 0.3) is 11.6 Å². The molecule has 1 aliphatic rings.